The zero-order valence-electron chi connectivity index (χ0n) is 17.1. The predicted molar refractivity (Wildman–Crippen MR) is 121 cm³/mol. The van der Waals surface area contributed by atoms with Gasteiger partial charge in [-0.1, -0.05) is 30.3 Å². The molecule has 0 aliphatic rings. The quantitative estimate of drug-likeness (QED) is 0.216. The Kier molecular flexibility index (Phi) is 5.91. The lowest BCUT2D eigenvalue weighted by molar-refractivity contribution is 0.0514. The minimum absolute atomic E-state index is 0.0909. The number of rotatable bonds is 6. The highest BCUT2D eigenvalue weighted by Crippen LogP contribution is 2.33. The molecule has 0 spiro atoms. The Bertz CT molecular complexity index is 1260. The van der Waals surface area contributed by atoms with Crippen LogP contribution in [0.25, 0.3) is 16.6 Å². The van der Waals surface area contributed by atoms with Gasteiger partial charge in [-0.25, -0.2) is 9.18 Å². The van der Waals surface area contributed by atoms with Crippen LogP contribution in [-0.4, -0.2) is 29.2 Å². The van der Waals surface area contributed by atoms with Crippen molar-refractivity contribution in [3.05, 3.63) is 95.4 Å². The van der Waals surface area contributed by atoms with Crippen molar-refractivity contribution in [1.82, 2.24) is 4.57 Å². The number of ketones is 1. The predicted octanol–water partition coefficient (Wildman–Crippen LogP) is 5.90. The SMILES string of the molecule is CCOC(=O)c1c(C(=O)c2ccccc2)c2ccc(F)cc2n1-c1ccc(SC)cc1. The zero-order valence-corrected chi connectivity index (χ0v) is 17.9. The number of carbonyl (C=O) groups excluding carboxylic acids is 2. The second kappa shape index (κ2) is 8.78. The molecule has 0 fully saturated rings. The number of aromatic nitrogens is 1. The van der Waals surface area contributed by atoms with E-state index < -0.39 is 11.8 Å². The molecule has 0 N–H and O–H groups in total. The minimum Gasteiger partial charge on any atom is -0.461 e. The molecule has 4 nitrogen and oxygen atoms in total. The fraction of sp³-hybridized carbons (Fsp3) is 0.120. The molecular weight excluding hydrogens is 413 g/mol. The topological polar surface area (TPSA) is 48.3 Å². The van der Waals surface area contributed by atoms with E-state index in [-0.39, 0.29) is 23.6 Å². The van der Waals surface area contributed by atoms with Gasteiger partial charge in [0.25, 0.3) is 0 Å². The van der Waals surface area contributed by atoms with E-state index in [0.29, 0.717) is 22.2 Å². The molecule has 0 radical (unpaired) electrons. The smallest absolute Gasteiger partial charge is 0.356 e. The van der Waals surface area contributed by atoms with Gasteiger partial charge in [0.2, 0.25) is 0 Å². The molecule has 0 bridgehead atoms. The summed E-state index contributed by atoms with van der Waals surface area (Å²) in [5.41, 5.74) is 1.80. The van der Waals surface area contributed by atoms with Crippen molar-refractivity contribution >= 4 is 34.4 Å². The molecule has 6 heteroatoms. The van der Waals surface area contributed by atoms with Crippen molar-refractivity contribution in [2.24, 2.45) is 0 Å². The Morgan fingerprint density at radius 2 is 1.71 bits per heavy atom. The standard InChI is InChI=1S/C25H20FNO3S/c1-3-30-25(29)23-22(24(28)16-7-5-4-6-8-16)20-14-9-17(26)15-21(20)27(23)18-10-12-19(31-2)13-11-18/h4-15H,3H2,1-2H3. The van der Waals surface area contributed by atoms with Gasteiger partial charge in [-0.3, -0.25) is 4.79 Å². The van der Waals surface area contributed by atoms with Crippen molar-refractivity contribution in [3.8, 4) is 5.69 Å². The Labute approximate surface area is 183 Å². The monoisotopic (exact) mass is 433 g/mol. The maximum atomic E-state index is 14.2. The molecule has 4 rings (SSSR count). The van der Waals surface area contributed by atoms with Crippen molar-refractivity contribution in [3.63, 3.8) is 0 Å². The molecule has 1 heterocycles. The molecule has 4 aromatic rings. The lowest BCUT2D eigenvalue weighted by Gasteiger charge is -2.12. The van der Waals surface area contributed by atoms with Crippen LogP contribution in [0.3, 0.4) is 0 Å². The van der Waals surface area contributed by atoms with Crippen molar-refractivity contribution in [1.29, 1.82) is 0 Å². The Morgan fingerprint density at radius 3 is 2.35 bits per heavy atom. The van der Waals surface area contributed by atoms with Crippen LogP contribution in [-0.2, 0) is 4.74 Å². The largest absolute Gasteiger partial charge is 0.461 e. The molecule has 31 heavy (non-hydrogen) atoms. The molecule has 0 amide bonds. The average molecular weight is 434 g/mol. The van der Waals surface area contributed by atoms with Gasteiger partial charge in [0, 0.05) is 21.5 Å². The first kappa shape index (κ1) is 20.9. The van der Waals surface area contributed by atoms with Gasteiger partial charge in [-0.15, -0.1) is 11.8 Å². The van der Waals surface area contributed by atoms with Crippen LogP contribution in [0.4, 0.5) is 4.39 Å². The second-order valence-corrected chi connectivity index (χ2v) is 7.71. The molecule has 3 aromatic carbocycles. The zero-order chi connectivity index (χ0) is 22.0. The first-order chi connectivity index (χ1) is 15.0. The van der Waals surface area contributed by atoms with E-state index in [4.69, 9.17) is 4.74 Å². The summed E-state index contributed by atoms with van der Waals surface area (Å²) in [5, 5.41) is 0.493. The molecule has 156 valence electrons. The third-order valence-corrected chi connectivity index (χ3v) is 5.74. The van der Waals surface area contributed by atoms with Gasteiger partial charge in [-0.2, -0.15) is 0 Å². The van der Waals surface area contributed by atoms with Crippen LogP contribution in [0.5, 0.6) is 0 Å². The highest BCUT2D eigenvalue weighted by atomic mass is 32.2. The van der Waals surface area contributed by atoms with Crippen LogP contribution in [0.2, 0.25) is 0 Å². The maximum Gasteiger partial charge on any atom is 0.356 e. The summed E-state index contributed by atoms with van der Waals surface area (Å²) < 4.78 is 21.2. The van der Waals surface area contributed by atoms with Gasteiger partial charge in [0.05, 0.1) is 17.7 Å². The fourth-order valence-corrected chi connectivity index (χ4v) is 4.03. The lowest BCUT2D eigenvalue weighted by atomic mass is 10.00. The molecule has 0 unspecified atom stereocenters. The van der Waals surface area contributed by atoms with Gasteiger partial charge >= 0.3 is 5.97 Å². The number of ether oxygens (including phenoxy) is 1. The number of nitrogens with zero attached hydrogens (tertiary/aromatic N) is 1. The van der Waals surface area contributed by atoms with Gasteiger partial charge < -0.3 is 9.30 Å². The number of carbonyl (C=O) groups is 2. The Hall–Kier alpha value is -3.38. The summed E-state index contributed by atoms with van der Waals surface area (Å²) >= 11 is 1.59. The number of esters is 1. The maximum absolute atomic E-state index is 14.2. The Morgan fingerprint density at radius 1 is 1.00 bits per heavy atom. The normalized spacial score (nSPS) is 10.9. The number of hydrogen-bond acceptors (Lipinski definition) is 4. The minimum atomic E-state index is -0.632. The molecule has 0 saturated heterocycles. The van der Waals surface area contributed by atoms with Crippen LogP contribution in [0, 0.1) is 5.82 Å². The second-order valence-electron chi connectivity index (χ2n) is 6.83. The lowest BCUT2D eigenvalue weighted by Crippen LogP contribution is -2.16. The molecule has 0 aliphatic carbocycles. The van der Waals surface area contributed by atoms with Crippen LogP contribution in [0.15, 0.2) is 77.7 Å². The summed E-state index contributed by atoms with van der Waals surface area (Å²) in [4.78, 5) is 27.6. The first-order valence-corrected chi connectivity index (χ1v) is 11.0. The number of halogens is 1. The first-order valence-electron chi connectivity index (χ1n) is 9.80. The highest BCUT2D eigenvalue weighted by Gasteiger charge is 2.29. The highest BCUT2D eigenvalue weighted by molar-refractivity contribution is 7.98. The van der Waals surface area contributed by atoms with E-state index in [9.17, 15) is 14.0 Å². The van der Waals surface area contributed by atoms with E-state index >= 15 is 0 Å². The van der Waals surface area contributed by atoms with E-state index in [1.807, 2.05) is 36.6 Å². The van der Waals surface area contributed by atoms with E-state index in [0.717, 1.165) is 4.90 Å². The third kappa shape index (κ3) is 3.86. The van der Waals surface area contributed by atoms with Crippen molar-refractivity contribution in [2.45, 2.75) is 11.8 Å². The molecule has 0 saturated carbocycles. The number of fused-ring (bicyclic) bond motifs is 1. The van der Waals surface area contributed by atoms with Gasteiger partial charge in [0.15, 0.2) is 5.78 Å². The molecular formula is C25H20FNO3S. The summed E-state index contributed by atoms with van der Waals surface area (Å²) in [6.45, 7) is 1.86. The van der Waals surface area contributed by atoms with Crippen LogP contribution < -0.4 is 0 Å². The summed E-state index contributed by atoms with van der Waals surface area (Å²) in [6.07, 6.45) is 1.97. The number of benzene rings is 3. The third-order valence-electron chi connectivity index (χ3n) is 4.99. The summed E-state index contributed by atoms with van der Waals surface area (Å²) in [5.74, 6) is -1.41. The molecule has 0 aliphatic heterocycles. The summed E-state index contributed by atoms with van der Waals surface area (Å²) in [6, 6.07) is 20.4. The number of thioether (sulfide) groups is 1. The van der Waals surface area contributed by atoms with Gasteiger partial charge in [0.1, 0.15) is 11.5 Å². The van der Waals surface area contributed by atoms with E-state index in [1.165, 1.54) is 18.2 Å². The van der Waals surface area contributed by atoms with Gasteiger partial charge in [-0.05, 0) is 55.6 Å². The van der Waals surface area contributed by atoms with Crippen molar-refractivity contribution < 1.29 is 18.7 Å². The average Bonchev–Trinajstić information content (AvgIpc) is 3.13. The fourth-order valence-electron chi connectivity index (χ4n) is 3.62. The number of hydrogen-bond donors (Lipinski definition) is 0. The molecule has 1 aromatic heterocycles. The van der Waals surface area contributed by atoms with E-state index in [1.54, 1.807) is 47.5 Å². The Balaban J connectivity index is 2.07. The van der Waals surface area contributed by atoms with Crippen LogP contribution in [0.1, 0.15) is 33.3 Å². The van der Waals surface area contributed by atoms with Crippen molar-refractivity contribution in [2.75, 3.05) is 12.9 Å². The molecule has 0 atom stereocenters. The van der Waals surface area contributed by atoms with E-state index in [2.05, 4.69) is 0 Å². The van der Waals surface area contributed by atoms with Crippen LogP contribution >= 0.6 is 11.8 Å². The summed E-state index contributed by atoms with van der Waals surface area (Å²) in [7, 11) is 0.